The third-order valence-electron chi connectivity index (χ3n) is 4.59. The molecule has 1 N–H and O–H groups in total. The third kappa shape index (κ3) is 5.53. The SMILES string of the molecule is CCN(Cc1ccc2c(c1)OCO2)C(=O)CNC(=O)c1ccc(OC(F)F)c(OC)c1. The van der Waals surface area contributed by atoms with Crippen molar-refractivity contribution in [2.75, 3.05) is 27.0 Å². The Morgan fingerprint density at radius 3 is 2.61 bits per heavy atom. The number of halogens is 2. The predicted octanol–water partition coefficient (Wildman–Crippen LogP) is 2.80. The van der Waals surface area contributed by atoms with Gasteiger partial charge in [0.25, 0.3) is 5.91 Å². The number of rotatable bonds is 9. The maximum atomic E-state index is 12.6. The number of carbonyl (C=O) groups excluding carboxylic acids is 2. The fourth-order valence-electron chi connectivity index (χ4n) is 3.01. The highest BCUT2D eigenvalue weighted by Crippen LogP contribution is 2.33. The second-order valence-electron chi connectivity index (χ2n) is 6.52. The Kier molecular flexibility index (Phi) is 7.11. The maximum absolute atomic E-state index is 12.6. The number of ether oxygens (including phenoxy) is 4. The second-order valence-corrected chi connectivity index (χ2v) is 6.52. The highest BCUT2D eigenvalue weighted by atomic mass is 19.3. The van der Waals surface area contributed by atoms with E-state index in [1.165, 1.54) is 25.3 Å². The number of nitrogens with one attached hydrogen (secondary N) is 1. The molecule has 0 radical (unpaired) electrons. The molecular weight excluding hydrogens is 414 g/mol. The molecule has 0 spiro atoms. The molecule has 0 fully saturated rings. The highest BCUT2D eigenvalue weighted by Gasteiger charge is 2.18. The minimum atomic E-state index is -3.02. The molecular formula is C21H22F2N2O6. The lowest BCUT2D eigenvalue weighted by Gasteiger charge is -2.21. The monoisotopic (exact) mass is 436 g/mol. The number of hydrogen-bond acceptors (Lipinski definition) is 6. The summed E-state index contributed by atoms with van der Waals surface area (Å²) in [5.74, 6) is 0.254. The van der Waals surface area contributed by atoms with Crippen molar-refractivity contribution in [3.8, 4) is 23.0 Å². The molecule has 2 aromatic carbocycles. The fourth-order valence-corrected chi connectivity index (χ4v) is 3.01. The summed E-state index contributed by atoms with van der Waals surface area (Å²) < 4.78 is 44.8. The zero-order valence-electron chi connectivity index (χ0n) is 17.0. The summed E-state index contributed by atoms with van der Waals surface area (Å²) in [5.41, 5.74) is 1.01. The first-order chi connectivity index (χ1) is 14.9. The molecule has 3 rings (SSSR count). The minimum Gasteiger partial charge on any atom is -0.493 e. The van der Waals surface area contributed by atoms with E-state index in [1.54, 1.807) is 11.0 Å². The van der Waals surface area contributed by atoms with E-state index in [-0.39, 0.29) is 36.3 Å². The van der Waals surface area contributed by atoms with Gasteiger partial charge in [0, 0.05) is 18.7 Å². The van der Waals surface area contributed by atoms with Crippen molar-refractivity contribution in [1.82, 2.24) is 10.2 Å². The van der Waals surface area contributed by atoms with E-state index < -0.39 is 12.5 Å². The van der Waals surface area contributed by atoms with Crippen LogP contribution >= 0.6 is 0 Å². The molecule has 0 unspecified atom stereocenters. The summed E-state index contributed by atoms with van der Waals surface area (Å²) in [5, 5.41) is 2.53. The van der Waals surface area contributed by atoms with Gasteiger partial charge in [-0.25, -0.2) is 0 Å². The summed E-state index contributed by atoms with van der Waals surface area (Å²) in [6, 6.07) is 9.22. The molecule has 0 saturated carbocycles. The highest BCUT2D eigenvalue weighted by molar-refractivity contribution is 5.97. The smallest absolute Gasteiger partial charge is 0.387 e. The van der Waals surface area contributed by atoms with Crippen LogP contribution in [0, 0.1) is 0 Å². The van der Waals surface area contributed by atoms with Crippen LogP contribution in [0.2, 0.25) is 0 Å². The molecule has 8 nitrogen and oxygen atoms in total. The molecule has 1 aliphatic rings. The van der Waals surface area contributed by atoms with Gasteiger partial charge in [-0.2, -0.15) is 8.78 Å². The standard InChI is InChI=1S/C21H22F2N2O6/c1-3-25(11-13-4-6-15-18(8-13)30-12-29-15)19(26)10-24-20(27)14-5-7-16(31-21(22)23)17(9-14)28-2/h4-9,21H,3,10-12H2,1-2H3,(H,24,27). The molecule has 31 heavy (non-hydrogen) atoms. The number of nitrogens with zero attached hydrogens (tertiary/aromatic N) is 1. The van der Waals surface area contributed by atoms with Gasteiger partial charge in [0.05, 0.1) is 13.7 Å². The largest absolute Gasteiger partial charge is 0.493 e. The molecule has 0 aromatic heterocycles. The van der Waals surface area contributed by atoms with Crippen LogP contribution in [0.15, 0.2) is 36.4 Å². The predicted molar refractivity (Wildman–Crippen MR) is 106 cm³/mol. The Hall–Kier alpha value is -3.56. The third-order valence-corrected chi connectivity index (χ3v) is 4.59. The number of fused-ring (bicyclic) bond motifs is 1. The number of methoxy groups -OCH3 is 1. The van der Waals surface area contributed by atoms with Crippen LogP contribution in [-0.2, 0) is 11.3 Å². The normalized spacial score (nSPS) is 11.9. The van der Waals surface area contributed by atoms with Gasteiger partial charge in [-0.15, -0.1) is 0 Å². The van der Waals surface area contributed by atoms with Gasteiger partial charge in [0.1, 0.15) is 0 Å². The number of amides is 2. The lowest BCUT2D eigenvalue weighted by atomic mass is 10.1. The molecule has 1 heterocycles. The van der Waals surface area contributed by atoms with Gasteiger partial charge >= 0.3 is 6.61 Å². The van der Waals surface area contributed by atoms with Crippen molar-refractivity contribution >= 4 is 11.8 Å². The first-order valence-electron chi connectivity index (χ1n) is 9.48. The summed E-state index contributed by atoms with van der Waals surface area (Å²) in [6.45, 7) is -0.461. The molecule has 166 valence electrons. The van der Waals surface area contributed by atoms with Gasteiger partial charge in [0.2, 0.25) is 12.7 Å². The molecule has 0 bridgehead atoms. The van der Waals surface area contributed by atoms with E-state index >= 15 is 0 Å². The number of carbonyl (C=O) groups is 2. The summed E-state index contributed by atoms with van der Waals surface area (Å²) in [4.78, 5) is 26.5. The number of benzene rings is 2. The van der Waals surface area contributed by atoms with E-state index in [1.807, 2.05) is 19.1 Å². The van der Waals surface area contributed by atoms with Gasteiger partial charge in [-0.3, -0.25) is 9.59 Å². The second kappa shape index (κ2) is 9.96. The Balaban J connectivity index is 1.59. The summed E-state index contributed by atoms with van der Waals surface area (Å²) in [6.07, 6.45) is 0. The van der Waals surface area contributed by atoms with Crippen LogP contribution in [0.25, 0.3) is 0 Å². The Morgan fingerprint density at radius 1 is 1.13 bits per heavy atom. The van der Waals surface area contributed by atoms with Gasteiger partial charge in [0.15, 0.2) is 23.0 Å². The average Bonchev–Trinajstić information content (AvgIpc) is 3.23. The maximum Gasteiger partial charge on any atom is 0.387 e. The molecule has 0 saturated heterocycles. The van der Waals surface area contributed by atoms with E-state index in [0.29, 0.717) is 24.6 Å². The molecule has 1 aliphatic heterocycles. The van der Waals surface area contributed by atoms with Crippen LogP contribution in [0.5, 0.6) is 23.0 Å². The van der Waals surface area contributed by atoms with Gasteiger partial charge in [-0.05, 0) is 42.8 Å². The lowest BCUT2D eigenvalue weighted by molar-refractivity contribution is -0.130. The van der Waals surface area contributed by atoms with Gasteiger partial charge < -0.3 is 29.2 Å². The Morgan fingerprint density at radius 2 is 1.90 bits per heavy atom. The van der Waals surface area contributed by atoms with Crippen LogP contribution < -0.4 is 24.3 Å². The van der Waals surface area contributed by atoms with Crippen molar-refractivity contribution in [2.24, 2.45) is 0 Å². The minimum absolute atomic E-state index is 0.0164. The first kappa shape index (κ1) is 22.1. The van der Waals surface area contributed by atoms with E-state index in [4.69, 9.17) is 14.2 Å². The Bertz CT molecular complexity index is 953. The molecule has 0 atom stereocenters. The number of hydrogen-bond donors (Lipinski definition) is 1. The van der Waals surface area contributed by atoms with Crippen LogP contribution in [0.1, 0.15) is 22.8 Å². The van der Waals surface area contributed by atoms with Gasteiger partial charge in [-0.1, -0.05) is 6.07 Å². The zero-order chi connectivity index (χ0) is 22.4. The van der Waals surface area contributed by atoms with E-state index in [9.17, 15) is 18.4 Å². The quantitative estimate of drug-likeness (QED) is 0.651. The van der Waals surface area contributed by atoms with Crippen LogP contribution in [0.4, 0.5) is 8.78 Å². The fraction of sp³-hybridized carbons (Fsp3) is 0.333. The molecule has 0 aliphatic carbocycles. The summed E-state index contributed by atoms with van der Waals surface area (Å²) >= 11 is 0. The number of alkyl halides is 2. The van der Waals surface area contributed by atoms with E-state index in [0.717, 1.165) is 5.56 Å². The lowest BCUT2D eigenvalue weighted by Crippen LogP contribution is -2.39. The zero-order valence-corrected chi connectivity index (χ0v) is 17.0. The van der Waals surface area contributed by atoms with Crippen molar-refractivity contribution in [2.45, 2.75) is 20.1 Å². The Labute approximate surface area is 177 Å². The van der Waals surface area contributed by atoms with Crippen LogP contribution in [0.3, 0.4) is 0 Å². The summed E-state index contributed by atoms with van der Waals surface area (Å²) in [7, 11) is 1.27. The van der Waals surface area contributed by atoms with Crippen molar-refractivity contribution in [3.05, 3.63) is 47.5 Å². The van der Waals surface area contributed by atoms with Crippen molar-refractivity contribution < 1.29 is 37.3 Å². The average molecular weight is 436 g/mol. The van der Waals surface area contributed by atoms with E-state index in [2.05, 4.69) is 10.1 Å². The van der Waals surface area contributed by atoms with Crippen molar-refractivity contribution in [1.29, 1.82) is 0 Å². The molecule has 2 amide bonds. The molecule has 10 heteroatoms. The van der Waals surface area contributed by atoms with Crippen LogP contribution in [-0.4, -0.2) is 50.3 Å². The topological polar surface area (TPSA) is 86.3 Å². The number of likely N-dealkylation sites (N-methyl/N-ethyl adjacent to an activating group) is 1. The van der Waals surface area contributed by atoms with Crippen molar-refractivity contribution in [3.63, 3.8) is 0 Å². The first-order valence-corrected chi connectivity index (χ1v) is 9.48. The molecule has 2 aromatic rings.